The minimum Gasteiger partial charge on any atom is -0.397 e. The first-order valence-corrected chi connectivity index (χ1v) is 48.0. The number of ether oxygens (including phenoxy) is 6. The van der Waals surface area contributed by atoms with Crippen LogP contribution in [0.1, 0.15) is 56.6 Å². The highest BCUT2D eigenvalue weighted by molar-refractivity contribution is 7.87. The van der Waals surface area contributed by atoms with Crippen molar-refractivity contribution in [3.63, 3.8) is 0 Å². The Balaban J connectivity index is 0.000000127. The summed E-state index contributed by atoms with van der Waals surface area (Å²) in [6.07, 6.45) is -23.6. The molecule has 55 nitrogen and oxygen atoms in total. The number of alkyl halides is 5. The van der Waals surface area contributed by atoms with Gasteiger partial charge in [-0.2, -0.15) is 30.0 Å². The zero-order chi connectivity index (χ0) is 92.0. The third-order valence-corrected chi connectivity index (χ3v) is 28.8. The Morgan fingerprint density at radius 3 is 1.19 bits per heavy atom. The monoisotopic (exact) mass is 1960 g/mol. The van der Waals surface area contributed by atoms with Crippen LogP contribution in [-0.4, -0.2) is 284 Å². The molecular formula is C65H72F5N28O27P3S3. The second-order valence-corrected chi connectivity index (χ2v) is 39.5. The van der Waals surface area contributed by atoms with Gasteiger partial charge in [0.1, 0.15) is 107 Å². The predicted molar refractivity (Wildman–Crippen MR) is 428 cm³/mol. The molecule has 12 aromatic heterocycles. The fraction of sp³-hybridized carbons (Fsp3) is 0.492. The van der Waals surface area contributed by atoms with Gasteiger partial charge in [0.15, 0.2) is 126 Å². The van der Waals surface area contributed by atoms with Gasteiger partial charge in [0.25, 0.3) is 20.2 Å². The highest BCUT2D eigenvalue weighted by Crippen LogP contribution is 2.55. The second-order valence-electron chi connectivity index (χ2n) is 30.5. The molecule has 21 rings (SSSR count). The van der Waals surface area contributed by atoms with Crippen LogP contribution in [0.15, 0.2) is 93.7 Å². The standard InChI is InChI=1S/C22H24F2N9O9PS.C22H25FN9O9PS.C21H23F2N10O9PS/c23-12-10-2-4-44(36,37)42-16-11(40-21(13(16)24)32-8-31-15-18(26)28-6-29-20(15)32)5-38-43(34,35)41-17(12)22(39-10)33-7-30-14-9(25)1-3-27-19(14)33;23-15-13-6-37-42(33,34)40-12-5-14(31-8-30-17-19(25)27-7-28-21(17)31)38-11(12)2-4-43(35,36)41-18(15)22(39-13)32-9-29-16-10(24)1-3-26-20(16)32;22-11-10-4-38-43(34,35)41-15-9(39-20(12(15)23)32-7-30-14-17(25)27-5-28-19(14)32)3-31-44(36,37)42-16(11)21(40-10)33-6-29-13-8(24)1-2-26-18(13)33/h1,3,6-8,10-13,16-17,21-22H,2,4-5H2,(H2,25,27)(H,34,35)(H2,26,28,29);1,3,7-9,11-15,18,22H,2,4-6H2,(H2,24,26)(H,33,34)(H2,25,27,28);1-2,5-7,9-12,15-16,20-21,31H,3-4H2,(H2,24,26)(H,34,35)(H2,25,27,28). The molecule has 26 atom stereocenters. The van der Waals surface area contributed by atoms with Crippen LogP contribution in [0, 0.1) is 0 Å². The van der Waals surface area contributed by atoms with E-state index in [2.05, 4.69) is 79.5 Å². The SMILES string of the molecule is Nc1ncnc2c1ncn2C1CC2OP(=O)(O)OCC3OC(n4cnc5c(N)ccnc54)C(OS(=O)(=O)CCC2O1)C3F.Nc1ncnc2c1ncn2C1OC2CNS(=O)(=O)OC3C(F)C(COP(=O)(O)OC2C1F)OC3n1cnc2c(N)ccnc21.Nc1ncnc2c1ncn2C1OC2COP(=O)(O)OC3C(F)C(CCS(=O)(=O)OC2C1F)OC3n1cnc2c(N)ccnc21. The number of nitrogens with two attached hydrogens (primary N) is 6. The first-order valence-electron chi connectivity index (χ1n) is 38.9. The van der Waals surface area contributed by atoms with Gasteiger partial charge in [0.05, 0.1) is 98.6 Å². The maximum absolute atomic E-state index is 15.9. The Hall–Kier alpha value is -10.3. The van der Waals surface area contributed by atoms with Gasteiger partial charge in [-0.15, -0.1) is 0 Å². The number of phosphoric ester groups is 3. The van der Waals surface area contributed by atoms with Crippen LogP contribution in [0.25, 0.3) is 67.0 Å². The number of anilines is 6. The van der Waals surface area contributed by atoms with E-state index in [1.54, 1.807) is 0 Å². The summed E-state index contributed by atoms with van der Waals surface area (Å²) in [4.78, 5) is 92.7. The molecule has 0 aromatic carbocycles. The number of phosphoric acid groups is 3. The van der Waals surface area contributed by atoms with Crippen LogP contribution in [0.2, 0.25) is 0 Å². The number of hydrogen-bond donors (Lipinski definition) is 10. The molecule has 6 bridgehead atoms. The van der Waals surface area contributed by atoms with E-state index in [-0.39, 0.29) is 103 Å². The molecule has 21 heterocycles. The molecule has 0 aliphatic carbocycles. The molecule has 9 saturated heterocycles. The summed E-state index contributed by atoms with van der Waals surface area (Å²) in [6.45, 7) is -3.31. The van der Waals surface area contributed by atoms with E-state index in [1.807, 2.05) is 0 Å². The number of aromatic nitrogens is 21. The molecule has 0 spiro atoms. The molecule has 0 amide bonds. The van der Waals surface area contributed by atoms with E-state index in [1.165, 1.54) is 93.0 Å². The summed E-state index contributed by atoms with van der Waals surface area (Å²) < 4.78 is 288. The predicted octanol–water partition coefficient (Wildman–Crippen LogP) is 0.749. The van der Waals surface area contributed by atoms with Crippen molar-refractivity contribution in [2.75, 3.05) is 72.3 Å². The number of rotatable bonds is 6. The van der Waals surface area contributed by atoms with Crippen molar-refractivity contribution in [1.82, 2.24) is 107 Å². The first kappa shape index (κ1) is 89.9. The molecule has 26 unspecified atom stereocenters. The fourth-order valence-corrected chi connectivity index (χ4v) is 22.3. The van der Waals surface area contributed by atoms with Gasteiger partial charge in [-0.1, -0.05) is 0 Å². The highest BCUT2D eigenvalue weighted by Gasteiger charge is 2.59. The first-order chi connectivity index (χ1) is 62.3. The normalized spacial score (nSPS) is 35.7. The van der Waals surface area contributed by atoms with E-state index in [9.17, 15) is 53.6 Å². The highest BCUT2D eigenvalue weighted by atomic mass is 32.2. The number of pyridine rings is 3. The van der Waals surface area contributed by atoms with Crippen molar-refractivity contribution < 1.29 is 144 Å². The van der Waals surface area contributed by atoms with Crippen LogP contribution in [0.5, 0.6) is 0 Å². The lowest BCUT2D eigenvalue weighted by Crippen LogP contribution is -2.43. The largest absolute Gasteiger partial charge is 0.472 e. The van der Waals surface area contributed by atoms with Gasteiger partial charge in [0, 0.05) is 31.6 Å². The van der Waals surface area contributed by atoms with Crippen LogP contribution in [0.4, 0.5) is 56.5 Å². The van der Waals surface area contributed by atoms with Gasteiger partial charge in [-0.25, -0.2) is 115 Å². The maximum Gasteiger partial charge on any atom is 0.472 e. The Morgan fingerprint density at radius 1 is 0.359 bits per heavy atom. The van der Waals surface area contributed by atoms with Crippen molar-refractivity contribution in [2.45, 2.75) is 161 Å². The van der Waals surface area contributed by atoms with Gasteiger partial charge in [-0.3, -0.25) is 62.9 Å². The Bertz CT molecular complexity index is 6930. The number of fused-ring (bicyclic) bond motifs is 15. The van der Waals surface area contributed by atoms with Gasteiger partial charge in [-0.05, 0) is 31.0 Å². The van der Waals surface area contributed by atoms with Crippen molar-refractivity contribution in [1.29, 1.82) is 0 Å². The summed E-state index contributed by atoms with van der Waals surface area (Å²) in [5, 5.41) is 0. The molecule has 9 aliphatic rings. The molecule has 66 heteroatoms. The number of hydrogen-bond acceptors (Lipinski definition) is 45. The number of nitrogens with one attached hydrogen (secondary N) is 1. The van der Waals surface area contributed by atoms with Crippen LogP contribution in [0.3, 0.4) is 0 Å². The summed E-state index contributed by atoms with van der Waals surface area (Å²) in [6, 6.07) is 4.49. The van der Waals surface area contributed by atoms with E-state index < -0.39 is 240 Å². The Labute approximate surface area is 729 Å². The lowest BCUT2D eigenvalue weighted by Gasteiger charge is -2.24. The lowest BCUT2D eigenvalue weighted by molar-refractivity contribution is -0.0556. The number of nitrogens with zero attached hydrogens (tertiary/aromatic N) is 21. The third-order valence-electron chi connectivity index (χ3n) is 22.3. The third kappa shape index (κ3) is 17.3. The van der Waals surface area contributed by atoms with Gasteiger partial charge in [0.2, 0.25) is 0 Å². The summed E-state index contributed by atoms with van der Waals surface area (Å²) in [5.74, 6) is -1.29. The fourth-order valence-electron chi connectivity index (χ4n) is 16.2. The molecule has 12 aromatic rings. The van der Waals surface area contributed by atoms with Gasteiger partial charge < -0.3 is 77.5 Å². The molecule has 9 fully saturated rings. The van der Waals surface area contributed by atoms with E-state index in [0.29, 0.717) is 11.2 Å². The topological polar surface area (TPSA) is 744 Å². The average molecular weight is 1960 g/mol. The molecule has 16 N–H and O–H groups in total. The minimum atomic E-state index is -5.14. The van der Waals surface area contributed by atoms with Crippen LogP contribution in [-0.2, 0) is 112 Å². The molecule has 131 heavy (non-hydrogen) atoms. The van der Waals surface area contributed by atoms with Crippen LogP contribution < -0.4 is 39.1 Å². The minimum absolute atomic E-state index is 0.00314. The van der Waals surface area contributed by atoms with Crippen molar-refractivity contribution in [2.24, 2.45) is 0 Å². The molecule has 9 aliphatic heterocycles. The number of nitrogen functional groups attached to an aromatic ring is 6. The maximum atomic E-state index is 15.9. The lowest BCUT2D eigenvalue weighted by atomic mass is 10.1. The molecule has 702 valence electrons. The van der Waals surface area contributed by atoms with E-state index in [0.717, 1.165) is 28.1 Å². The smallest absolute Gasteiger partial charge is 0.397 e. The van der Waals surface area contributed by atoms with Crippen molar-refractivity contribution in [3.8, 4) is 0 Å². The zero-order valence-electron chi connectivity index (χ0n) is 66.3. The van der Waals surface area contributed by atoms with E-state index >= 15 is 22.0 Å². The van der Waals surface area contributed by atoms with Crippen molar-refractivity contribution >= 4 is 156 Å². The molecule has 0 saturated carbocycles. The van der Waals surface area contributed by atoms with E-state index in [4.69, 9.17) is 103 Å². The summed E-state index contributed by atoms with van der Waals surface area (Å²) >= 11 is 0. The summed E-state index contributed by atoms with van der Waals surface area (Å²) in [7, 11) is -28.9. The molecule has 0 radical (unpaired) electrons. The number of imidazole rings is 6. The average Bonchev–Trinajstić information content (AvgIpc) is 1.59. The second kappa shape index (κ2) is 34.3. The Morgan fingerprint density at radius 2 is 0.710 bits per heavy atom. The van der Waals surface area contributed by atoms with Gasteiger partial charge >= 0.3 is 33.8 Å². The van der Waals surface area contributed by atoms with Crippen molar-refractivity contribution in [3.05, 3.63) is 93.7 Å². The van der Waals surface area contributed by atoms with Crippen LogP contribution >= 0.6 is 23.5 Å². The zero-order valence-corrected chi connectivity index (χ0v) is 71.4. The quantitative estimate of drug-likeness (QED) is 0.0624. The summed E-state index contributed by atoms with van der Waals surface area (Å²) in [5.41, 5.74) is 38.4. The Kier molecular flexibility index (Phi) is 23.6. The molecular weight excluding hydrogens is 1890 g/mol. The number of halogens is 5.